The summed E-state index contributed by atoms with van der Waals surface area (Å²) in [7, 11) is 1.64. The molecule has 0 aliphatic heterocycles. The predicted octanol–water partition coefficient (Wildman–Crippen LogP) is 3.80. The zero-order chi connectivity index (χ0) is 19.0. The van der Waals surface area contributed by atoms with Crippen molar-refractivity contribution in [3.8, 4) is 0 Å². The molecule has 3 N–H and O–H groups in total. The second kappa shape index (κ2) is 11.0. The molecular weight excluding hydrogens is 470 g/mol. The van der Waals surface area contributed by atoms with E-state index in [1.807, 2.05) is 31.2 Å². The number of pyridine rings is 1. The second-order valence-electron chi connectivity index (χ2n) is 5.60. The first-order valence-corrected chi connectivity index (χ1v) is 8.17. The third-order valence-electron chi connectivity index (χ3n) is 3.75. The molecule has 0 bridgehead atoms. The van der Waals surface area contributed by atoms with E-state index in [0.29, 0.717) is 19.0 Å². The molecule has 148 valence electrons. The molecule has 1 aromatic heterocycles. The number of rotatable bonds is 6. The van der Waals surface area contributed by atoms with E-state index >= 15 is 0 Å². The topological polar surface area (TPSA) is 61.3 Å². The quantitative estimate of drug-likeness (QED) is 0.248. The van der Waals surface area contributed by atoms with Gasteiger partial charge < -0.3 is 16.0 Å². The van der Waals surface area contributed by atoms with Gasteiger partial charge in [-0.15, -0.1) is 24.0 Å². The number of anilines is 1. The highest BCUT2D eigenvalue weighted by Gasteiger charge is 2.33. The number of aryl methyl sites for hydroxylation is 1. The van der Waals surface area contributed by atoms with Crippen LogP contribution in [0.15, 0.2) is 47.6 Å². The van der Waals surface area contributed by atoms with Crippen molar-refractivity contribution in [1.82, 2.24) is 15.6 Å². The lowest BCUT2D eigenvalue weighted by atomic mass is 10.1. The maximum absolute atomic E-state index is 12.9. The molecule has 27 heavy (non-hydrogen) atoms. The highest BCUT2D eigenvalue weighted by Crippen LogP contribution is 2.33. The number of hydrogen-bond donors (Lipinski definition) is 3. The first-order chi connectivity index (χ1) is 12.4. The molecule has 2 rings (SSSR count). The van der Waals surface area contributed by atoms with E-state index < -0.39 is 11.7 Å². The number of nitrogens with one attached hydrogen (secondary N) is 3. The lowest BCUT2D eigenvalue weighted by Crippen LogP contribution is -2.39. The predicted molar refractivity (Wildman–Crippen MR) is 113 cm³/mol. The van der Waals surface area contributed by atoms with Gasteiger partial charge in [-0.3, -0.25) is 4.99 Å². The number of aliphatic imine (C=N–C) groups is 1. The molecule has 0 aliphatic rings. The molecule has 0 spiro atoms. The fourth-order valence-corrected chi connectivity index (χ4v) is 2.34. The van der Waals surface area contributed by atoms with Gasteiger partial charge in [0.1, 0.15) is 5.82 Å². The number of aromatic nitrogens is 1. The van der Waals surface area contributed by atoms with Crippen LogP contribution in [0.5, 0.6) is 0 Å². The minimum Gasteiger partial charge on any atom is -0.368 e. The summed E-state index contributed by atoms with van der Waals surface area (Å²) in [5.74, 6) is 0.400. The van der Waals surface area contributed by atoms with E-state index in [1.165, 1.54) is 17.8 Å². The Labute approximate surface area is 173 Å². The summed E-state index contributed by atoms with van der Waals surface area (Å²) >= 11 is 0. The van der Waals surface area contributed by atoms with Crippen LogP contribution in [0.4, 0.5) is 19.0 Å². The van der Waals surface area contributed by atoms with Crippen molar-refractivity contribution in [2.75, 3.05) is 25.5 Å². The molecule has 1 heterocycles. The smallest absolute Gasteiger partial charge is 0.368 e. The standard InChI is InChI=1S/C18H22F3N5.HI/c1-13-6-3-4-7-14(13)12-26-17(22-2)25-11-10-24-16-15(18(19,20)21)8-5-9-23-16;/h3-9H,10-12H2,1-2H3,(H,23,24)(H2,22,25,26);1H. The number of benzene rings is 1. The summed E-state index contributed by atoms with van der Waals surface area (Å²) < 4.78 is 38.7. The Kier molecular flexibility index (Phi) is 9.33. The monoisotopic (exact) mass is 493 g/mol. The Morgan fingerprint density at radius 3 is 2.48 bits per heavy atom. The zero-order valence-electron chi connectivity index (χ0n) is 15.1. The molecule has 0 atom stereocenters. The molecule has 1 aromatic carbocycles. The van der Waals surface area contributed by atoms with Crippen LogP contribution < -0.4 is 16.0 Å². The van der Waals surface area contributed by atoms with Crippen molar-refractivity contribution in [3.63, 3.8) is 0 Å². The lowest BCUT2D eigenvalue weighted by Gasteiger charge is -2.15. The SMILES string of the molecule is CN=C(NCCNc1ncccc1C(F)(F)F)NCc1ccccc1C.I. The van der Waals surface area contributed by atoms with Crippen LogP contribution in [0.25, 0.3) is 0 Å². The van der Waals surface area contributed by atoms with Crippen LogP contribution in [-0.4, -0.2) is 31.1 Å². The molecule has 9 heteroatoms. The van der Waals surface area contributed by atoms with E-state index in [1.54, 1.807) is 7.05 Å². The summed E-state index contributed by atoms with van der Waals surface area (Å²) in [4.78, 5) is 7.87. The van der Waals surface area contributed by atoms with Gasteiger partial charge in [0, 0.05) is 32.9 Å². The number of hydrogen-bond acceptors (Lipinski definition) is 3. The van der Waals surface area contributed by atoms with Crippen molar-refractivity contribution in [2.45, 2.75) is 19.6 Å². The van der Waals surface area contributed by atoms with Crippen molar-refractivity contribution in [1.29, 1.82) is 0 Å². The van der Waals surface area contributed by atoms with Crippen molar-refractivity contribution < 1.29 is 13.2 Å². The molecule has 0 fully saturated rings. The van der Waals surface area contributed by atoms with E-state index in [2.05, 4.69) is 25.9 Å². The first-order valence-electron chi connectivity index (χ1n) is 8.17. The van der Waals surface area contributed by atoms with Gasteiger partial charge in [-0.1, -0.05) is 24.3 Å². The van der Waals surface area contributed by atoms with Gasteiger partial charge in [0.15, 0.2) is 5.96 Å². The van der Waals surface area contributed by atoms with Crippen molar-refractivity contribution >= 4 is 35.8 Å². The van der Waals surface area contributed by atoms with Crippen molar-refractivity contribution in [2.24, 2.45) is 4.99 Å². The molecule has 0 aliphatic carbocycles. The van der Waals surface area contributed by atoms with Gasteiger partial charge in [-0.2, -0.15) is 13.2 Å². The fourth-order valence-electron chi connectivity index (χ4n) is 2.34. The Bertz CT molecular complexity index is 750. The summed E-state index contributed by atoms with van der Waals surface area (Å²) in [6.07, 6.45) is -3.11. The van der Waals surface area contributed by atoms with Gasteiger partial charge in [0.05, 0.1) is 5.56 Å². The molecule has 2 aromatic rings. The Morgan fingerprint density at radius 1 is 1.07 bits per heavy atom. The van der Waals surface area contributed by atoms with E-state index in [-0.39, 0.29) is 36.3 Å². The lowest BCUT2D eigenvalue weighted by molar-refractivity contribution is -0.137. The average molecular weight is 493 g/mol. The van der Waals surface area contributed by atoms with E-state index in [9.17, 15) is 13.2 Å². The number of alkyl halides is 3. The molecule has 0 saturated carbocycles. The third kappa shape index (κ3) is 7.24. The summed E-state index contributed by atoms with van der Waals surface area (Å²) in [5.41, 5.74) is 1.55. The van der Waals surface area contributed by atoms with E-state index in [0.717, 1.165) is 11.6 Å². The maximum Gasteiger partial charge on any atom is 0.419 e. The maximum atomic E-state index is 12.9. The van der Waals surface area contributed by atoms with Gasteiger partial charge >= 0.3 is 6.18 Å². The largest absolute Gasteiger partial charge is 0.419 e. The Morgan fingerprint density at radius 2 is 1.81 bits per heavy atom. The molecule has 0 radical (unpaired) electrons. The van der Waals surface area contributed by atoms with Gasteiger partial charge in [0.25, 0.3) is 0 Å². The van der Waals surface area contributed by atoms with Gasteiger partial charge in [0.2, 0.25) is 0 Å². The summed E-state index contributed by atoms with van der Waals surface area (Å²) in [6.45, 7) is 3.30. The molecule has 0 unspecified atom stereocenters. The van der Waals surface area contributed by atoms with Crippen LogP contribution in [-0.2, 0) is 12.7 Å². The van der Waals surface area contributed by atoms with Crippen LogP contribution in [0.3, 0.4) is 0 Å². The van der Waals surface area contributed by atoms with Crippen LogP contribution in [0.2, 0.25) is 0 Å². The summed E-state index contributed by atoms with van der Waals surface area (Å²) in [6, 6.07) is 10.3. The molecule has 5 nitrogen and oxygen atoms in total. The van der Waals surface area contributed by atoms with Gasteiger partial charge in [-0.25, -0.2) is 4.98 Å². The number of nitrogens with zero attached hydrogens (tertiary/aromatic N) is 2. The molecular formula is C18H23F3IN5. The Hall–Kier alpha value is -2.04. The number of halogens is 4. The second-order valence-corrected chi connectivity index (χ2v) is 5.60. The van der Waals surface area contributed by atoms with Crippen LogP contribution in [0, 0.1) is 6.92 Å². The normalized spacial score (nSPS) is 11.5. The Balaban J connectivity index is 0.00000364. The van der Waals surface area contributed by atoms with Crippen molar-refractivity contribution in [3.05, 3.63) is 59.3 Å². The van der Waals surface area contributed by atoms with Crippen LogP contribution in [0.1, 0.15) is 16.7 Å². The number of guanidine groups is 1. The zero-order valence-corrected chi connectivity index (χ0v) is 17.4. The minimum atomic E-state index is -4.44. The minimum absolute atomic E-state index is 0. The molecule has 0 saturated heterocycles. The van der Waals surface area contributed by atoms with Gasteiger partial charge in [-0.05, 0) is 30.2 Å². The first kappa shape index (κ1) is 23.0. The summed E-state index contributed by atoms with van der Waals surface area (Å²) in [5, 5.41) is 8.94. The van der Waals surface area contributed by atoms with E-state index in [4.69, 9.17) is 0 Å². The highest BCUT2D eigenvalue weighted by atomic mass is 127. The third-order valence-corrected chi connectivity index (χ3v) is 3.75. The average Bonchev–Trinajstić information content (AvgIpc) is 2.62. The van der Waals surface area contributed by atoms with Crippen LogP contribution >= 0.6 is 24.0 Å². The highest BCUT2D eigenvalue weighted by molar-refractivity contribution is 14.0. The molecule has 0 amide bonds. The fraction of sp³-hybridized carbons (Fsp3) is 0.333.